The van der Waals surface area contributed by atoms with Gasteiger partial charge in [-0.25, -0.2) is 0 Å². The first-order valence-corrected chi connectivity index (χ1v) is 6.41. The van der Waals surface area contributed by atoms with Crippen molar-refractivity contribution >= 4 is 21.9 Å². The Morgan fingerprint density at radius 3 is 2.88 bits per heavy atom. The summed E-state index contributed by atoms with van der Waals surface area (Å²) < 4.78 is 11.0. The predicted octanol–water partition coefficient (Wildman–Crippen LogP) is 2.74. The highest BCUT2D eigenvalue weighted by atomic mass is 79.9. The number of benzene rings is 1. The van der Waals surface area contributed by atoms with E-state index in [-0.39, 0.29) is 11.9 Å². The van der Waals surface area contributed by atoms with Crippen LogP contribution in [0.5, 0.6) is 0 Å². The van der Waals surface area contributed by atoms with Crippen molar-refractivity contribution < 1.29 is 14.3 Å². The summed E-state index contributed by atoms with van der Waals surface area (Å²) >= 11 is 3.42. The zero-order valence-corrected chi connectivity index (χ0v) is 11.3. The third-order valence-electron chi connectivity index (χ3n) is 3.01. The summed E-state index contributed by atoms with van der Waals surface area (Å²) in [6.07, 6.45) is 0.795. The van der Waals surface area contributed by atoms with E-state index in [9.17, 15) is 4.79 Å². The van der Waals surface area contributed by atoms with Crippen LogP contribution in [-0.2, 0) is 14.3 Å². The number of ether oxygens (including phenoxy) is 2. The molecule has 0 radical (unpaired) electrons. The van der Waals surface area contributed by atoms with Crippen LogP contribution in [0.25, 0.3) is 0 Å². The lowest BCUT2D eigenvalue weighted by atomic mass is 9.88. The zero-order valence-electron chi connectivity index (χ0n) is 9.69. The normalized spacial score (nSPS) is 17.3. The molecule has 0 spiro atoms. The Morgan fingerprint density at radius 1 is 1.59 bits per heavy atom. The van der Waals surface area contributed by atoms with Gasteiger partial charge in [-0.3, -0.25) is 4.79 Å². The van der Waals surface area contributed by atoms with Gasteiger partial charge in [0.05, 0.1) is 26.2 Å². The molecule has 92 valence electrons. The van der Waals surface area contributed by atoms with E-state index in [1.807, 2.05) is 24.3 Å². The Hall–Kier alpha value is -0.870. The van der Waals surface area contributed by atoms with E-state index in [1.54, 1.807) is 0 Å². The SMILES string of the molecule is COC(=O)C(CC1COC1)c1cccc(Br)c1. The van der Waals surface area contributed by atoms with Crippen LogP contribution in [0, 0.1) is 5.92 Å². The minimum Gasteiger partial charge on any atom is -0.469 e. The molecule has 1 heterocycles. The standard InChI is InChI=1S/C13H15BrO3/c1-16-13(15)12(5-9-7-17-8-9)10-3-2-4-11(14)6-10/h2-4,6,9,12H,5,7-8H2,1H3. The maximum atomic E-state index is 11.8. The van der Waals surface area contributed by atoms with Crippen molar-refractivity contribution in [3.63, 3.8) is 0 Å². The van der Waals surface area contributed by atoms with Gasteiger partial charge >= 0.3 is 5.97 Å². The fourth-order valence-electron chi connectivity index (χ4n) is 1.99. The molecule has 1 unspecified atom stereocenters. The molecule has 1 aromatic carbocycles. The van der Waals surface area contributed by atoms with Crippen LogP contribution in [0.2, 0.25) is 0 Å². The second-order valence-electron chi connectivity index (χ2n) is 4.27. The minimum atomic E-state index is -0.189. The number of methoxy groups -OCH3 is 1. The van der Waals surface area contributed by atoms with E-state index in [0.717, 1.165) is 29.7 Å². The molecule has 1 aromatic rings. The summed E-state index contributed by atoms with van der Waals surface area (Å²) in [6, 6.07) is 7.82. The summed E-state index contributed by atoms with van der Waals surface area (Å²) in [5, 5.41) is 0. The Balaban J connectivity index is 2.16. The van der Waals surface area contributed by atoms with Gasteiger partial charge in [-0.05, 0) is 24.1 Å². The van der Waals surface area contributed by atoms with E-state index in [4.69, 9.17) is 9.47 Å². The number of carbonyl (C=O) groups excluding carboxylic acids is 1. The van der Waals surface area contributed by atoms with Crippen molar-refractivity contribution in [1.82, 2.24) is 0 Å². The molecular formula is C13H15BrO3. The minimum absolute atomic E-state index is 0.171. The van der Waals surface area contributed by atoms with Crippen molar-refractivity contribution in [2.75, 3.05) is 20.3 Å². The lowest BCUT2D eigenvalue weighted by Crippen LogP contribution is -2.31. The highest BCUT2D eigenvalue weighted by Crippen LogP contribution is 2.30. The van der Waals surface area contributed by atoms with Gasteiger partial charge in [0.25, 0.3) is 0 Å². The summed E-state index contributed by atoms with van der Waals surface area (Å²) in [6.45, 7) is 1.50. The zero-order chi connectivity index (χ0) is 12.3. The van der Waals surface area contributed by atoms with Gasteiger partial charge in [0, 0.05) is 10.4 Å². The van der Waals surface area contributed by atoms with Crippen LogP contribution < -0.4 is 0 Å². The Bertz CT molecular complexity index is 401. The Labute approximate surface area is 109 Å². The largest absolute Gasteiger partial charge is 0.469 e. The van der Waals surface area contributed by atoms with Crippen LogP contribution in [0.15, 0.2) is 28.7 Å². The molecule has 17 heavy (non-hydrogen) atoms. The third kappa shape index (κ3) is 3.07. The first-order chi connectivity index (χ1) is 8.20. The van der Waals surface area contributed by atoms with Crippen molar-refractivity contribution in [2.24, 2.45) is 5.92 Å². The topological polar surface area (TPSA) is 35.5 Å². The number of hydrogen-bond donors (Lipinski definition) is 0. The lowest BCUT2D eigenvalue weighted by Gasteiger charge is -2.29. The Kier molecular flexibility index (Phi) is 4.18. The molecule has 1 saturated heterocycles. The first kappa shape index (κ1) is 12.6. The maximum absolute atomic E-state index is 11.8. The quantitative estimate of drug-likeness (QED) is 0.802. The highest BCUT2D eigenvalue weighted by molar-refractivity contribution is 9.10. The Morgan fingerprint density at radius 2 is 2.35 bits per heavy atom. The summed E-state index contributed by atoms with van der Waals surface area (Å²) in [7, 11) is 1.44. The van der Waals surface area contributed by atoms with Gasteiger partial charge in [0.15, 0.2) is 0 Å². The van der Waals surface area contributed by atoms with E-state index in [1.165, 1.54) is 7.11 Å². The van der Waals surface area contributed by atoms with Crippen molar-refractivity contribution in [2.45, 2.75) is 12.3 Å². The molecule has 0 aromatic heterocycles. The van der Waals surface area contributed by atoms with Crippen LogP contribution in [0.1, 0.15) is 17.9 Å². The molecule has 2 rings (SSSR count). The van der Waals surface area contributed by atoms with E-state index in [0.29, 0.717) is 5.92 Å². The number of rotatable bonds is 4. The highest BCUT2D eigenvalue weighted by Gasteiger charge is 2.29. The monoisotopic (exact) mass is 298 g/mol. The molecule has 0 N–H and O–H groups in total. The van der Waals surface area contributed by atoms with Gasteiger partial charge in [-0.2, -0.15) is 0 Å². The van der Waals surface area contributed by atoms with Crippen LogP contribution >= 0.6 is 15.9 Å². The molecular weight excluding hydrogens is 284 g/mol. The average Bonchev–Trinajstić information content (AvgIpc) is 2.27. The smallest absolute Gasteiger partial charge is 0.313 e. The van der Waals surface area contributed by atoms with Crippen molar-refractivity contribution in [1.29, 1.82) is 0 Å². The fourth-order valence-corrected chi connectivity index (χ4v) is 2.40. The third-order valence-corrected chi connectivity index (χ3v) is 3.51. The van der Waals surface area contributed by atoms with Crippen molar-refractivity contribution in [3.8, 4) is 0 Å². The molecule has 1 aliphatic rings. The van der Waals surface area contributed by atoms with Gasteiger partial charge in [0.1, 0.15) is 0 Å². The average molecular weight is 299 g/mol. The summed E-state index contributed by atoms with van der Waals surface area (Å²) in [5.74, 6) is 0.111. The van der Waals surface area contributed by atoms with Crippen molar-refractivity contribution in [3.05, 3.63) is 34.3 Å². The number of halogens is 1. The fraction of sp³-hybridized carbons (Fsp3) is 0.462. The van der Waals surface area contributed by atoms with E-state index >= 15 is 0 Å². The molecule has 0 saturated carbocycles. The van der Waals surface area contributed by atoms with Crippen LogP contribution in [0.4, 0.5) is 0 Å². The lowest BCUT2D eigenvalue weighted by molar-refractivity contribution is -0.144. The van der Waals surface area contributed by atoms with E-state index < -0.39 is 0 Å². The molecule has 4 heteroatoms. The molecule has 0 amide bonds. The first-order valence-electron chi connectivity index (χ1n) is 5.61. The second kappa shape index (κ2) is 5.65. The number of esters is 1. The molecule has 0 bridgehead atoms. The number of hydrogen-bond acceptors (Lipinski definition) is 3. The molecule has 0 aliphatic carbocycles. The van der Waals surface area contributed by atoms with E-state index in [2.05, 4.69) is 15.9 Å². The number of carbonyl (C=O) groups is 1. The summed E-state index contributed by atoms with van der Waals surface area (Å²) in [4.78, 5) is 11.8. The second-order valence-corrected chi connectivity index (χ2v) is 5.19. The molecule has 3 nitrogen and oxygen atoms in total. The van der Waals surface area contributed by atoms with Gasteiger partial charge < -0.3 is 9.47 Å². The molecule has 1 atom stereocenters. The van der Waals surface area contributed by atoms with Crippen LogP contribution in [0.3, 0.4) is 0 Å². The maximum Gasteiger partial charge on any atom is 0.313 e. The molecule has 1 aliphatic heterocycles. The van der Waals surface area contributed by atoms with Gasteiger partial charge in [-0.1, -0.05) is 28.1 Å². The van der Waals surface area contributed by atoms with Gasteiger partial charge in [0.2, 0.25) is 0 Å². The van der Waals surface area contributed by atoms with Gasteiger partial charge in [-0.15, -0.1) is 0 Å². The predicted molar refractivity (Wildman–Crippen MR) is 67.8 cm³/mol. The summed E-state index contributed by atoms with van der Waals surface area (Å²) in [5.41, 5.74) is 0.998. The molecule has 1 fully saturated rings. The van der Waals surface area contributed by atoms with Crippen LogP contribution in [-0.4, -0.2) is 26.3 Å².